The van der Waals surface area contributed by atoms with E-state index < -0.39 is 0 Å². The fourth-order valence-electron chi connectivity index (χ4n) is 11.0. The van der Waals surface area contributed by atoms with Gasteiger partial charge in [0.1, 0.15) is 0 Å². The van der Waals surface area contributed by atoms with Crippen molar-refractivity contribution in [2.24, 2.45) is 0 Å². The molecule has 15 aromatic rings. The van der Waals surface area contributed by atoms with E-state index in [1.807, 2.05) is 22.7 Å². The van der Waals surface area contributed by atoms with Crippen molar-refractivity contribution in [3.63, 3.8) is 0 Å². The number of hydrogen-bond acceptors (Lipinski definition) is 4. The Labute approximate surface area is 397 Å². The number of para-hydroxylation sites is 4. The van der Waals surface area contributed by atoms with Gasteiger partial charge < -0.3 is 9.13 Å². The van der Waals surface area contributed by atoms with Crippen LogP contribution in [0.2, 0.25) is 0 Å². The maximum atomic E-state index is 5.70. The van der Waals surface area contributed by atoms with Crippen LogP contribution in [0.4, 0.5) is 0 Å². The molecular weight excluding hydrogens is 865 g/mol. The Morgan fingerprint density at radius 2 is 0.853 bits per heavy atom. The lowest BCUT2D eigenvalue weighted by Gasteiger charge is -2.14. The highest BCUT2D eigenvalue weighted by Gasteiger charge is 2.24. The van der Waals surface area contributed by atoms with E-state index in [2.05, 4.69) is 228 Å². The van der Waals surface area contributed by atoms with Crippen molar-refractivity contribution >= 4 is 117 Å². The molecule has 0 aliphatic heterocycles. The Morgan fingerprint density at radius 3 is 1.59 bits per heavy atom. The molecule has 5 heterocycles. The normalized spacial score (nSPS) is 12.1. The van der Waals surface area contributed by atoms with Gasteiger partial charge in [-0.1, -0.05) is 146 Å². The summed E-state index contributed by atoms with van der Waals surface area (Å²) < 4.78 is 9.85. The van der Waals surface area contributed by atoms with Gasteiger partial charge in [-0.05, 0) is 78.2 Å². The van der Waals surface area contributed by atoms with Crippen LogP contribution < -0.4 is 0 Å². The monoisotopic (exact) mass is 900 g/mol. The molecule has 0 amide bonds. The fourth-order valence-corrected chi connectivity index (χ4v) is 13.4. The number of benzene rings is 10. The van der Waals surface area contributed by atoms with Gasteiger partial charge in [-0.25, -0.2) is 9.97 Å². The van der Waals surface area contributed by atoms with Crippen LogP contribution in [0.3, 0.4) is 0 Å². The topological polar surface area (TPSA) is 35.6 Å². The second kappa shape index (κ2) is 14.5. The standard InChI is InChI=1S/C62H36N4S2/c1-3-16-38(17-4-1)65-52-26-11-7-20-40(52)48-34-37(30-33-54(48)65)50-36-51(46-25-15-24-44-41-21-9-13-28-56(41)67-60(44)46)64-62(63-50)49-35-55-58(47-23-8-12-27-53(47)66(55)39-18-5-2-6-19-39)59-43(49)31-32-45-42-22-10-14-29-57(42)68-61(45)59/h1-36H. The summed E-state index contributed by atoms with van der Waals surface area (Å²) in [6, 6.07) is 79.3. The van der Waals surface area contributed by atoms with Crippen molar-refractivity contribution in [3.8, 4) is 45.3 Å². The highest BCUT2D eigenvalue weighted by atomic mass is 32.1. The Kier molecular flexibility index (Phi) is 8.07. The number of aromatic nitrogens is 4. The maximum Gasteiger partial charge on any atom is 0.161 e. The molecular formula is C62H36N4S2. The largest absolute Gasteiger partial charge is 0.309 e. The van der Waals surface area contributed by atoms with Gasteiger partial charge in [-0.3, -0.25) is 0 Å². The summed E-state index contributed by atoms with van der Waals surface area (Å²) in [5, 5.41) is 12.3. The maximum absolute atomic E-state index is 5.70. The molecule has 0 saturated heterocycles. The van der Waals surface area contributed by atoms with Gasteiger partial charge in [-0.2, -0.15) is 0 Å². The first-order valence-electron chi connectivity index (χ1n) is 23.0. The molecule has 0 bridgehead atoms. The van der Waals surface area contributed by atoms with Gasteiger partial charge >= 0.3 is 0 Å². The molecule has 316 valence electrons. The molecule has 0 atom stereocenters. The van der Waals surface area contributed by atoms with E-state index in [1.165, 1.54) is 78.3 Å². The molecule has 4 nitrogen and oxygen atoms in total. The fraction of sp³-hybridized carbons (Fsp3) is 0. The zero-order valence-corrected chi connectivity index (χ0v) is 38.0. The summed E-state index contributed by atoms with van der Waals surface area (Å²) >= 11 is 3.71. The van der Waals surface area contributed by atoms with Crippen molar-refractivity contribution in [1.82, 2.24) is 19.1 Å². The Hall–Kier alpha value is -8.42. The lowest BCUT2D eigenvalue weighted by atomic mass is 9.96. The number of thiophene rings is 2. The van der Waals surface area contributed by atoms with E-state index in [1.54, 1.807) is 0 Å². The van der Waals surface area contributed by atoms with Crippen LogP contribution in [-0.4, -0.2) is 19.1 Å². The van der Waals surface area contributed by atoms with Gasteiger partial charge in [0.25, 0.3) is 0 Å². The minimum absolute atomic E-state index is 0.694. The van der Waals surface area contributed by atoms with E-state index in [9.17, 15) is 0 Å². The molecule has 6 heteroatoms. The third-order valence-corrected chi connectivity index (χ3v) is 16.3. The molecule has 0 radical (unpaired) electrons. The Morgan fingerprint density at radius 1 is 0.309 bits per heavy atom. The molecule has 0 saturated carbocycles. The molecule has 15 rings (SSSR count). The molecule has 0 aliphatic carbocycles. The molecule has 0 fully saturated rings. The van der Waals surface area contributed by atoms with Gasteiger partial charge in [0, 0.05) is 95.3 Å². The van der Waals surface area contributed by atoms with E-state index in [0.29, 0.717) is 5.82 Å². The Bertz CT molecular complexity index is 4560. The first kappa shape index (κ1) is 37.8. The van der Waals surface area contributed by atoms with Crippen LogP contribution in [0.25, 0.3) is 140 Å². The van der Waals surface area contributed by atoms with Gasteiger partial charge in [0.15, 0.2) is 5.82 Å². The third-order valence-electron chi connectivity index (χ3n) is 13.9. The van der Waals surface area contributed by atoms with Crippen molar-refractivity contribution in [2.75, 3.05) is 0 Å². The molecule has 68 heavy (non-hydrogen) atoms. The average molecular weight is 901 g/mol. The number of fused-ring (bicyclic) bond motifs is 15. The summed E-state index contributed by atoms with van der Waals surface area (Å²) in [5.74, 6) is 0.694. The predicted octanol–water partition coefficient (Wildman–Crippen LogP) is 17.6. The van der Waals surface area contributed by atoms with E-state index in [0.717, 1.165) is 55.9 Å². The van der Waals surface area contributed by atoms with E-state index >= 15 is 0 Å². The quantitative estimate of drug-likeness (QED) is 0.173. The molecule has 10 aromatic carbocycles. The highest BCUT2D eigenvalue weighted by Crippen LogP contribution is 2.48. The first-order valence-corrected chi connectivity index (χ1v) is 24.6. The molecule has 0 spiro atoms. The first-order chi connectivity index (χ1) is 33.7. The van der Waals surface area contributed by atoms with Crippen LogP contribution >= 0.6 is 22.7 Å². The lowest BCUT2D eigenvalue weighted by molar-refractivity contribution is 1.17. The minimum atomic E-state index is 0.694. The number of hydrogen-bond donors (Lipinski definition) is 0. The number of nitrogens with zero attached hydrogens (tertiary/aromatic N) is 4. The van der Waals surface area contributed by atoms with Crippen LogP contribution in [0.15, 0.2) is 218 Å². The van der Waals surface area contributed by atoms with Crippen LogP contribution in [-0.2, 0) is 0 Å². The van der Waals surface area contributed by atoms with Crippen LogP contribution in [0, 0.1) is 0 Å². The third kappa shape index (κ3) is 5.47. The summed E-state index contributed by atoms with van der Waals surface area (Å²) in [6.45, 7) is 0. The second-order valence-electron chi connectivity index (χ2n) is 17.6. The summed E-state index contributed by atoms with van der Waals surface area (Å²) in [4.78, 5) is 11.4. The SMILES string of the molecule is c1ccc(-n2c3ccccc3c3cc(-c4cc(-c5cccc6c5sc5ccccc56)nc(-c5cc6c(c7ccccc7n6-c6ccccc6)c6c5ccc5c7ccccc7sc56)n4)ccc32)cc1. The van der Waals surface area contributed by atoms with Crippen LogP contribution in [0.5, 0.6) is 0 Å². The highest BCUT2D eigenvalue weighted by molar-refractivity contribution is 7.27. The van der Waals surface area contributed by atoms with Crippen molar-refractivity contribution < 1.29 is 0 Å². The lowest BCUT2D eigenvalue weighted by Crippen LogP contribution is -1.98. The predicted molar refractivity (Wildman–Crippen MR) is 290 cm³/mol. The number of rotatable bonds is 5. The van der Waals surface area contributed by atoms with Crippen molar-refractivity contribution in [1.29, 1.82) is 0 Å². The second-order valence-corrected chi connectivity index (χ2v) is 19.7. The molecule has 5 aromatic heterocycles. The van der Waals surface area contributed by atoms with Crippen LogP contribution in [0.1, 0.15) is 0 Å². The Balaban J connectivity index is 1.07. The summed E-state index contributed by atoms with van der Waals surface area (Å²) in [6.07, 6.45) is 0. The van der Waals surface area contributed by atoms with E-state index in [4.69, 9.17) is 9.97 Å². The average Bonchev–Trinajstić information content (AvgIpc) is 4.16. The smallest absolute Gasteiger partial charge is 0.161 e. The summed E-state index contributed by atoms with van der Waals surface area (Å²) in [7, 11) is 0. The van der Waals surface area contributed by atoms with E-state index in [-0.39, 0.29) is 0 Å². The molecule has 0 unspecified atom stereocenters. The van der Waals surface area contributed by atoms with Gasteiger partial charge in [0.05, 0.1) is 33.5 Å². The zero-order chi connectivity index (χ0) is 44.5. The molecule has 0 aliphatic rings. The summed E-state index contributed by atoms with van der Waals surface area (Å²) in [5.41, 5.74) is 11.8. The zero-order valence-electron chi connectivity index (χ0n) is 36.4. The van der Waals surface area contributed by atoms with Crippen molar-refractivity contribution in [2.45, 2.75) is 0 Å². The van der Waals surface area contributed by atoms with Gasteiger partial charge in [-0.15, -0.1) is 22.7 Å². The van der Waals surface area contributed by atoms with Crippen molar-refractivity contribution in [3.05, 3.63) is 218 Å². The molecule has 0 N–H and O–H groups in total. The van der Waals surface area contributed by atoms with Gasteiger partial charge in [0.2, 0.25) is 0 Å². The minimum Gasteiger partial charge on any atom is -0.309 e.